The predicted molar refractivity (Wildman–Crippen MR) is 71.4 cm³/mol. The number of benzene rings is 1. The maximum atomic E-state index is 11.5. The molecular formula is C12H13BrN2O3. The normalized spacial score (nSPS) is 11.4. The Morgan fingerprint density at radius 3 is 2.44 bits per heavy atom. The fourth-order valence-electron chi connectivity index (χ4n) is 1.29. The lowest BCUT2D eigenvalue weighted by atomic mass is 10.1. The van der Waals surface area contributed by atoms with Crippen LogP contribution in [0.25, 0.3) is 0 Å². The standard InChI is InChI=1S/C12H13BrN2O3/c1-8(13)7-14-12(18)15-10(11(16)17)9-5-3-2-4-6-9/h2-6,10H,1,7H2,(H,16,17)(H2,14,15,18). The van der Waals surface area contributed by atoms with E-state index < -0.39 is 18.0 Å². The van der Waals surface area contributed by atoms with E-state index in [4.69, 9.17) is 5.11 Å². The Labute approximate surface area is 113 Å². The third kappa shape index (κ3) is 4.58. The van der Waals surface area contributed by atoms with Gasteiger partial charge in [0.15, 0.2) is 6.04 Å². The zero-order chi connectivity index (χ0) is 13.5. The summed E-state index contributed by atoms with van der Waals surface area (Å²) in [5.41, 5.74) is 0.512. The van der Waals surface area contributed by atoms with Gasteiger partial charge in [0.1, 0.15) is 0 Å². The Morgan fingerprint density at radius 2 is 1.94 bits per heavy atom. The van der Waals surface area contributed by atoms with Crippen LogP contribution in [0.15, 0.2) is 41.4 Å². The van der Waals surface area contributed by atoms with Crippen LogP contribution in [-0.4, -0.2) is 23.7 Å². The van der Waals surface area contributed by atoms with Gasteiger partial charge in [-0.1, -0.05) is 52.8 Å². The third-order valence-corrected chi connectivity index (χ3v) is 2.38. The molecular weight excluding hydrogens is 300 g/mol. The van der Waals surface area contributed by atoms with E-state index in [2.05, 4.69) is 33.1 Å². The Kier molecular flexibility index (Phi) is 5.38. The zero-order valence-corrected chi connectivity index (χ0v) is 11.1. The quantitative estimate of drug-likeness (QED) is 0.778. The number of urea groups is 1. The number of carboxylic acid groups (broad SMARTS) is 1. The fraction of sp³-hybridized carbons (Fsp3) is 0.167. The van der Waals surface area contributed by atoms with Crippen LogP contribution in [0, 0.1) is 0 Å². The molecule has 18 heavy (non-hydrogen) atoms. The third-order valence-electron chi connectivity index (χ3n) is 2.10. The molecule has 1 aromatic carbocycles. The van der Waals surface area contributed by atoms with E-state index in [1.54, 1.807) is 30.3 Å². The summed E-state index contributed by atoms with van der Waals surface area (Å²) in [5, 5.41) is 13.9. The lowest BCUT2D eigenvalue weighted by Gasteiger charge is -2.15. The summed E-state index contributed by atoms with van der Waals surface area (Å²) in [6.07, 6.45) is 0. The van der Waals surface area contributed by atoms with Gasteiger partial charge in [-0.25, -0.2) is 9.59 Å². The van der Waals surface area contributed by atoms with Crippen molar-refractivity contribution in [1.29, 1.82) is 0 Å². The van der Waals surface area contributed by atoms with Gasteiger partial charge in [0.2, 0.25) is 0 Å². The van der Waals surface area contributed by atoms with Crippen LogP contribution >= 0.6 is 15.9 Å². The molecule has 0 heterocycles. The number of rotatable bonds is 5. The number of aliphatic carboxylic acids is 1. The van der Waals surface area contributed by atoms with Crippen LogP contribution in [0.1, 0.15) is 11.6 Å². The summed E-state index contributed by atoms with van der Waals surface area (Å²) in [6, 6.07) is 6.85. The number of hydrogen-bond acceptors (Lipinski definition) is 2. The number of halogens is 1. The summed E-state index contributed by atoms with van der Waals surface area (Å²) in [6.45, 7) is 3.79. The van der Waals surface area contributed by atoms with Gasteiger partial charge in [-0.15, -0.1) is 0 Å². The highest BCUT2D eigenvalue weighted by molar-refractivity contribution is 9.11. The molecule has 1 atom stereocenters. The van der Waals surface area contributed by atoms with Gasteiger partial charge in [-0.2, -0.15) is 0 Å². The zero-order valence-electron chi connectivity index (χ0n) is 9.52. The molecule has 0 aliphatic carbocycles. The maximum absolute atomic E-state index is 11.5. The Balaban J connectivity index is 2.67. The van der Waals surface area contributed by atoms with E-state index in [1.165, 1.54) is 0 Å². The second-order valence-electron chi connectivity index (χ2n) is 3.53. The van der Waals surface area contributed by atoms with E-state index in [0.717, 1.165) is 0 Å². The van der Waals surface area contributed by atoms with Crippen LogP contribution in [0.5, 0.6) is 0 Å². The first-order valence-corrected chi connectivity index (χ1v) is 5.95. The first kappa shape index (κ1) is 14.2. The number of nitrogens with one attached hydrogen (secondary N) is 2. The summed E-state index contributed by atoms with van der Waals surface area (Å²) >= 11 is 3.09. The van der Waals surface area contributed by atoms with Crippen LogP contribution in [0.4, 0.5) is 4.79 Å². The molecule has 0 aliphatic heterocycles. The van der Waals surface area contributed by atoms with Crippen molar-refractivity contribution in [2.75, 3.05) is 6.54 Å². The molecule has 1 unspecified atom stereocenters. The smallest absolute Gasteiger partial charge is 0.330 e. The molecule has 1 aromatic rings. The largest absolute Gasteiger partial charge is 0.479 e. The van der Waals surface area contributed by atoms with Crippen molar-refractivity contribution in [3.8, 4) is 0 Å². The van der Waals surface area contributed by atoms with Crippen LogP contribution in [0.2, 0.25) is 0 Å². The summed E-state index contributed by atoms with van der Waals surface area (Å²) in [5.74, 6) is -1.12. The van der Waals surface area contributed by atoms with Crippen molar-refractivity contribution in [3.05, 3.63) is 47.0 Å². The number of carboxylic acids is 1. The van der Waals surface area contributed by atoms with Crippen molar-refractivity contribution < 1.29 is 14.7 Å². The van der Waals surface area contributed by atoms with Crippen molar-refractivity contribution >= 4 is 27.9 Å². The van der Waals surface area contributed by atoms with Gasteiger partial charge in [0.25, 0.3) is 0 Å². The van der Waals surface area contributed by atoms with Gasteiger partial charge in [-0.05, 0) is 5.56 Å². The molecule has 5 nitrogen and oxygen atoms in total. The molecule has 0 aromatic heterocycles. The first-order chi connectivity index (χ1) is 8.50. The molecule has 3 N–H and O–H groups in total. The van der Waals surface area contributed by atoms with Crippen molar-refractivity contribution in [3.63, 3.8) is 0 Å². The summed E-state index contributed by atoms with van der Waals surface area (Å²) in [7, 11) is 0. The number of carbonyl (C=O) groups is 2. The van der Waals surface area contributed by atoms with E-state index in [9.17, 15) is 9.59 Å². The highest BCUT2D eigenvalue weighted by Crippen LogP contribution is 2.12. The molecule has 0 aliphatic rings. The molecule has 96 valence electrons. The second kappa shape index (κ2) is 6.80. The van der Waals surface area contributed by atoms with Crippen LogP contribution in [-0.2, 0) is 4.79 Å². The minimum atomic E-state index is -1.12. The molecule has 1 rings (SSSR count). The van der Waals surface area contributed by atoms with E-state index in [0.29, 0.717) is 10.0 Å². The summed E-state index contributed by atoms with van der Waals surface area (Å²) < 4.78 is 0.601. The lowest BCUT2D eigenvalue weighted by molar-refractivity contribution is -0.139. The average Bonchev–Trinajstić information content (AvgIpc) is 2.34. The molecule has 0 spiro atoms. The van der Waals surface area contributed by atoms with E-state index in [1.807, 2.05) is 0 Å². The molecule has 0 radical (unpaired) electrons. The first-order valence-electron chi connectivity index (χ1n) is 5.16. The van der Waals surface area contributed by atoms with Gasteiger partial charge >= 0.3 is 12.0 Å². The highest BCUT2D eigenvalue weighted by Gasteiger charge is 2.21. The molecule has 2 amide bonds. The van der Waals surface area contributed by atoms with Crippen LogP contribution < -0.4 is 10.6 Å². The Morgan fingerprint density at radius 1 is 1.33 bits per heavy atom. The number of carbonyl (C=O) groups excluding carboxylic acids is 1. The predicted octanol–water partition coefficient (Wildman–Crippen LogP) is 2.02. The van der Waals surface area contributed by atoms with Gasteiger partial charge < -0.3 is 15.7 Å². The SMILES string of the molecule is C=C(Br)CNC(=O)NC(C(=O)O)c1ccccc1. The topological polar surface area (TPSA) is 78.4 Å². The lowest BCUT2D eigenvalue weighted by Crippen LogP contribution is -2.41. The molecule has 0 bridgehead atoms. The Hall–Kier alpha value is -1.82. The number of amides is 2. The number of hydrogen-bond donors (Lipinski definition) is 3. The fourth-order valence-corrected chi connectivity index (χ4v) is 1.43. The van der Waals surface area contributed by atoms with Gasteiger partial charge in [-0.3, -0.25) is 0 Å². The average molecular weight is 313 g/mol. The minimum Gasteiger partial charge on any atom is -0.479 e. The summed E-state index contributed by atoms with van der Waals surface area (Å²) in [4.78, 5) is 22.6. The monoisotopic (exact) mass is 312 g/mol. The van der Waals surface area contributed by atoms with Crippen molar-refractivity contribution in [2.24, 2.45) is 0 Å². The van der Waals surface area contributed by atoms with E-state index >= 15 is 0 Å². The second-order valence-corrected chi connectivity index (χ2v) is 4.65. The Bertz CT molecular complexity index is 448. The molecule has 0 saturated heterocycles. The van der Waals surface area contributed by atoms with E-state index in [-0.39, 0.29) is 6.54 Å². The molecule has 0 fully saturated rings. The molecule has 0 saturated carbocycles. The molecule has 6 heteroatoms. The van der Waals surface area contributed by atoms with Crippen molar-refractivity contribution in [1.82, 2.24) is 10.6 Å². The van der Waals surface area contributed by atoms with Gasteiger partial charge in [0.05, 0.1) is 6.54 Å². The maximum Gasteiger partial charge on any atom is 0.330 e. The minimum absolute atomic E-state index is 0.229. The highest BCUT2D eigenvalue weighted by atomic mass is 79.9. The van der Waals surface area contributed by atoms with Crippen LogP contribution in [0.3, 0.4) is 0 Å². The van der Waals surface area contributed by atoms with Gasteiger partial charge in [0, 0.05) is 4.48 Å². The van der Waals surface area contributed by atoms with Crippen molar-refractivity contribution in [2.45, 2.75) is 6.04 Å².